The number of hydrogen-bond donors (Lipinski definition) is 0. The van der Waals surface area contributed by atoms with Crippen molar-refractivity contribution in [2.75, 3.05) is 6.26 Å². The van der Waals surface area contributed by atoms with Gasteiger partial charge in [0.25, 0.3) is 0 Å². The standard InChI is InChI=1S/C7H14OS/c1-7(2,3)5-6-9(4)8/h5-6H,1-4H3/b6-5+/t9-/m1/s1. The molecule has 0 aromatic rings. The van der Waals surface area contributed by atoms with E-state index in [1.165, 1.54) is 0 Å². The van der Waals surface area contributed by atoms with Gasteiger partial charge in [-0.15, -0.1) is 0 Å². The van der Waals surface area contributed by atoms with Gasteiger partial charge in [-0.2, -0.15) is 0 Å². The van der Waals surface area contributed by atoms with Crippen molar-refractivity contribution in [1.29, 1.82) is 0 Å². The largest absolute Gasteiger partial charge is 0.255 e. The molecule has 0 aliphatic rings. The summed E-state index contributed by atoms with van der Waals surface area (Å²) in [5.41, 5.74) is 0.158. The first-order chi connectivity index (χ1) is 3.92. The van der Waals surface area contributed by atoms with Gasteiger partial charge >= 0.3 is 0 Å². The lowest BCUT2D eigenvalue weighted by Gasteiger charge is -2.09. The first-order valence-corrected chi connectivity index (χ1v) is 4.55. The molecular weight excluding hydrogens is 132 g/mol. The van der Waals surface area contributed by atoms with Crippen molar-refractivity contribution in [3.8, 4) is 0 Å². The molecule has 2 heteroatoms. The number of hydrogen-bond acceptors (Lipinski definition) is 1. The van der Waals surface area contributed by atoms with Crippen LogP contribution in [0.5, 0.6) is 0 Å². The lowest BCUT2D eigenvalue weighted by molar-refractivity contribution is 0.545. The predicted molar refractivity (Wildman–Crippen MR) is 42.7 cm³/mol. The Morgan fingerprint density at radius 1 is 1.33 bits per heavy atom. The first-order valence-electron chi connectivity index (χ1n) is 2.93. The summed E-state index contributed by atoms with van der Waals surface area (Å²) in [4.78, 5) is 0. The van der Waals surface area contributed by atoms with E-state index in [1.54, 1.807) is 11.7 Å². The Bertz CT molecular complexity index is 130. The minimum atomic E-state index is -0.793. The summed E-state index contributed by atoms with van der Waals surface area (Å²) in [5, 5.41) is 1.72. The Kier molecular flexibility index (Phi) is 3.12. The molecule has 54 valence electrons. The molecule has 0 spiro atoms. The highest BCUT2D eigenvalue weighted by Crippen LogP contribution is 2.14. The lowest BCUT2D eigenvalue weighted by atomic mass is 9.98. The van der Waals surface area contributed by atoms with Crippen molar-refractivity contribution in [1.82, 2.24) is 0 Å². The zero-order valence-electron chi connectivity index (χ0n) is 6.47. The maximum Gasteiger partial charge on any atom is 0.0421 e. The highest BCUT2D eigenvalue weighted by Gasteiger charge is 2.02. The van der Waals surface area contributed by atoms with Crippen molar-refractivity contribution >= 4 is 10.8 Å². The summed E-state index contributed by atoms with van der Waals surface area (Å²) in [5.74, 6) is 0. The predicted octanol–water partition coefficient (Wildman–Crippen LogP) is 1.92. The van der Waals surface area contributed by atoms with E-state index in [9.17, 15) is 4.21 Å². The van der Waals surface area contributed by atoms with Gasteiger partial charge in [0.05, 0.1) is 0 Å². The molecule has 0 aliphatic carbocycles. The molecule has 0 radical (unpaired) electrons. The summed E-state index contributed by atoms with van der Waals surface area (Å²) in [7, 11) is -0.793. The van der Waals surface area contributed by atoms with E-state index >= 15 is 0 Å². The summed E-state index contributed by atoms with van der Waals surface area (Å²) in [6.07, 6.45) is 3.63. The maximum absolute atomic E-state index is 10.5. The maximum atomic E-state index is 10.5. The molecule has 0 heterocycles. The highest BCUT2D eigenvalue weighted by atomic mass is 32.2. The average Bonchev–Trinajstić information content (AvgIpc) is 1.59. The molecular formula is C7H14OS. The van der Waals surface area contributed by atoms with Gasteiger partial charge < -0.3 is 0 Å². The third-order valence-electron chi connectivity index (χ3n) is 0.760. The minimum Gasteiger partial charge on any atom is -0.255 e. The molecule has 0 fully saturated rings. The minimum absolute atomic E-state index is 0.158. The van der Waals surface area contributed by atoms with E-state index in [4.69, 9.17) is 0 Å². The van der Waals surface area contributed by atoms with Crippen molar-refractivity contribution in [2.24, 2.45) is 5.41 Å². The van der Waals surface area contributed by atoms with Crippen LogP contribution in [-0.4, -0.2) is 10.5 Å². The van der Waals surface area contributed by atoms with Crippen LogP contribution in [0.4, 0.5) is 0 Å². The second-order valence-electron chi connectivity index (χ2n) is 3.17. The van der Waals surface area contributed by atoms with Crippen LogP contribution >= 0.6 is 0 Å². The van der Waals surface area contributed by atoms with Gasteiger partial charge in [-0.1, -0.05) is 26.8 Å². The molecule has 0 aromatic heterocycles. The van der Waals surface area contributed by atoms with Gasteiger partial charge in [0.15, 0.2) is 0 Å². The summed E-state index contributed by atoms with van der Waals surface area (Å²) >= 11 is 0. The number of allylic oxidation sites excluding steroid dienone is 1. The Morgan fingerprint density at radius 2 is 1.78 bits per heavy atom. The van der Waals surface area contributed by atoms with E-state index in [-0.39, 0.29) is 5.41 Å². The van der Waals surface area contributed by atoms with Crippen LogP contribution < -0.4 is 0 Å². The Morgan fingerprint density at radius 3 is 1.89 bits per heavy atom. The molecule has 9 heavy (non-hydrogen) atoms. The molecule has 0 bridgehead atoms. The Balaban J connectivity index is 3.86. The molecule has 0 aliphatic heterocycles. The van der Waals surface area contributed by atoms with Crippen LogP contribution in [0.2, 0.25) is 0 Å². The van der Waals surface area contributed by atoms with Crippen molar-refractivity contribution < 1.29 is 4.21 Å². The van der Waals surface area contributed by atoms with Crippen LogP contribution in [0.15, 0.2) is 11.5 Å². The van der Waals surface area contributed by atoms with E-state index < -0.39 is 10.8 Å². The van der Waals surface area contributed by atoms with Crippen molar-refractivity contribution in [2.45, 2.75) is 20.8 Å². The molecule has 0 N–H and O–H groups in total. The second kappa shape index (κ2) is 3.16. The number of rotatable bonds is 1. The molecule has 0 aromatic carbocycles. The van der Waals surface area contributed by atoms with E-state index in [0.29, 0.717) is 0 Å². The van der Waals surface area contributed by atoms with Crippen LogP contribution in [-0.2, 0) is 10.8 Å². The molecule has 0 rings (SSSR count). The fourth-order valence-corrected chi connectivity index (χ4v) is 0.900. The molecule has 1 atom stereocenters. The SMILES string of the molecule is C[S@@](=O)/C=C/C(C)(C)C. The monoisotopic (exact) mass is 146 g/mol. The summed E-state index contributed by atoms with van der Waals surface area (Å²) < 4.78 is 10.5. The van der Waals surface area contributed by atoms with Gasteiger partial charge in [0, 0.05) is 17.1 Å². The first kappa shape index (κ1) is 8.89. The molecule has 1 nitrogen and oxygen atoms in total. The molecule has 0 saturated heterocycles. The fraction of sp³-hybridized carbons (Fsp3) is 0.714. The van der Waals surface area contributed by atoms with Crippen LogP contribution in [0.1, 0.15) is 20.8 Å². The van der Waals surface area contributed by atoms with E-state index in [1.807, 2.05) is 6.08 Å². The third kappa shape index (κ3) is 7.89. The van der Waals surface area contributed by atoms with Gasteiger partial charge in [0.2, 0.25) is 0 Å². The van der Waals surface area contributed by atoms with Crippen molar-refractivity contribution in [3.05, 3.63) is 11.5 Å². The van der Waals surface area contributed by atoms with Gasteiger partial charge in [0.1, 0.15) is 0 Å². The topological polar surface area (TPSA) is 17.1 Å². The second-order valence-corrected chi connectivity index (χ2v) is 4.44. The molecule has 0 amide bonds. The van der Waals surface area contributed by atoms with E-state index in [2.05, 4.69) is 20.8 Å². The Labute approximate surface area is 59.6 Å². The van der Waals surface area contributed by atoms with Gasteiger partial charge in [-0.3, -0.25) is 4.21 Å². The summed E-state index contributed by atoms with van der Waals surface area (Å²) in [6, 6.07) is 0. The van der Waals surface area contributed by atoms with Crippen molar-refractivity contribution in [3.63, 3.8) is 0 Å². The highest BCUT2D eigenvalue weighted by molar-refractivity contribution is 7.87. The van der Waals surface area contributed by atoms with Crippen LogP contribution in [0.3, 0.4) is 0 Å². The molecule has 0 saturated carbocycles. The Hall–Kier alpha value is -0.110. The average molecular weight is 146 g/mol. The smallest absolute Gasteiger partial charge is 0.0421 e. The van der Waals surface area contributed by atoms with Crippen LogP contribution in [0.25, 0.3) is 0 Å². The van der Waals surface area contributed by atoms with E-state index in [0.717, 1.165) is 0 Å². The van der Waals surface area contributed by atoms with Gasteiger partial charge in [-0.05, 0) is 10.8 Å². The van der Waals surface area contributed by atoms with Crippen LogP contribution in [0, 0.1) is 5.41 Å². The quantitative estimate of drug-likeness (QED) is 0.552. The molecule has 0 unspecified atom stereocenters. The van der Waals surface area contributed by atoms with Gasteiger partial charge in [-0.25, -0.2) is 0 Å². The fourth-order valence-electron chi connectivity index (χ4n) is 0.300. The third-order valence-corrected chi connectivity index (χ3v) is 1.28. The normalized spacial score (nSPS) is 16.4. The summed E-state index contributed by atoms with van der Waals surface area (Å²) in [6.45, 7) is 6.24. The zero-order chi connectivity index (χ0) is 7.49. The zero-order valence-corrected chi connectivity index (χ0v) is 7.29. The lowest BCUT2D eigenvalue weighted by Crippen LogP contribution is -1.98.